The summed E-state index contributed by atoms with van der Waals surface area (Å²) in [5.41, 5.74) is 7.84. The second-order valence-electron chi connectivity index (χ2n) is 4.34. The maximum atomic E-state index is 8.70. The lowest BCUT2D eigenvalue weighted by Crippen LogP contribution is -2.28. The fourth-order valence-electron chi connectivity index (χ4n) is 1.77. The van der Waals surface area contributed by atoms with E-state index in [1.807, 2.05) is 25.3 Å². The van der Waals surface area contributed by atoms with Gasteiger partial charge in [-0.25, -0.2) is 0 Å². The number of rotatable bonds is 8. The Morgan fingerprint density at radius 1 is 1.47 bits per heavy atom. The van der Waals surface area contributed by atoms with Gasteiger partial charge in [0.25, 0.3) is 0 Å². The molecule has 0 aromatic carbocycles. The minimum Gasteiger partial charge on any atom is -0.383 e. The molecule has 0 aliphatic rings. The summed E-state index contributed by atoms with van der Waals surface area (Å²) in [7, 11) is 1.67. The third kappa shape index (κ3) is 4.86. The van der Waals surface area contributed by atoms with Crippen LogP contribution in [0.5, 0.6) is 0 Å². The van der Waals surface area contributed by atoms with Crippen molar-refractivity contribution in [3.05, 3.63) is 24.0 Å². The molecule has 0 saturated heterocycles. The third-order valence-electron chi connectivity index (χ3n) is 3.01. The predicted molar refractivity (Wildman–Crippen MR) is 75.8 cm³/mol. The molecule has 0 radical (unpaired) electrons. The van der Waals surface area contributed by atoms with Crippen LogP contribution >= 0.6 is 0 Å². The van der Waals surface area contributed by atoms with Crippen LogP contribution in [0.2, 0.25) is 0 Å². The first-order valence-electron chi connectivity index (χ1n) is 6.55. The van der Waals surface area contributed by atoms with E-state index in [-0.39, 0.29) is 6.04 Å². The topological polar surface area (TPSA) is 75.2 Å². The number of ether oxygens (including phenoxy) is 1. The minimum atomic E-state index is -0.0133. The first-order chi connectivity index (χ1) is 9.22. The molecule has 1 rings (SSSR count). The Balaban J connectivity index is 2.75. The summed E-state index contributed by atoms with van der Waals surface area (Å²) in [5, 5.41) is 8.70. The van der Waals surface area contributed by atoms with Gasteiger partial charge in [0.15, 0.2) is 0 Å². The van der Waals surface area contributed by atoms with Crippen LogP contribution in [0.25, 0.3) is 0 Å². The van der Waals surface area contributed by atoms with Crippen molar-refractivity contribution in [1.82, 2.24) is 4.98 Å². The van der Waals surface area contributed by atoms with E-state index in [0.29, 0.717) is 19.6 Å². The number of nitrogens with two attached hydrogens (primary N) is 1. The minimum absolute atomic E-state index is 0.0133. The first kappa shape index (κ1) is 15.4. The SMILES string of the molecule is CCC(N)c1ccc(N(CCC#N)CCOC)cn1. The van der Waals surface area contributed by atoms with Gasteiger partial charge in [0, 0.05) is 26.2 Å². The summed E-state index contributed by atoms with van der Waals surface area (Å²) in [5.74, 6) is 0. The number of hydrogen-bond acceptors (Lipinski definition) is 5. The van der Waals surface area contributed by atoms with Crippen LogP contribution in [0.1, 0.15) is 31.5 Å². The van der Waals surface area contributed by atoms with Crippen molar-refractivity contribution >= 4 is 5.69 Å². The number of nitriles is 1. The molecule has 104 valence electrons. The molecule has 0 bridgehead atoms. The van der Waals surface area contributed by atoms with Crippen LogP contribution in [0.3, 0.4) is 0 Å². The molecule has 1 heterocycles. The van der Waals surface area contributed by atoms with E-state index in [2.05, 4.69) is 16.0 Å². The largest absolute Gasteiger partial charge is 0.383 e. The lowest BCUT2D eigenvalue weighted by Gasteiger charge is -2.23. The number of anilines is 1. The Kier molecular flexibility index (Phi) is 6.86. The summed E-state index contributed by atoms with van der Waals surface area (Å²) in [6, 6.07) is 6.11. The van der Waals surface area contributed by atoms with Gasteiger partial charge < -0.3 is 15.4 Å². The average molecular weight is 262 g/mol. The van der Waals surface area contributed by atoms with Gasteiger partial charge in [0.2, 0.25) is 0 Å². The summed E-state index contributed by atoms with van der Waals surface area (Å²) >= 11 is 0. The van der Waals surface area contributed by atoms with Gasteiger partial charge in [0.05, 0.1) is 36.7 Å². The molecule has 0 aliphatic carbocycles. The van der Waals surface area contributed by atoms with Gasteiger partial charge in [-0.15, -0.1) is 0 Å². The molecule has 19 heavy (non-hydrogen) atoms. The summed E-state index contributed by atoms with van der Waals surface area (Å²) in [6.07, 6.45) is 3.17. The molecule has 5 heteroatoms. The lowest BCUT2D eigenvalue weighted by molar-refractivity contribution is 0.205. The second-order valence-corrected chi connectivity index (χ2v) is 4.34. The Bertz CT molecular complexity index is 399. The van der Waals surface area contributed by atoms with Gasteiger partial charge in [0.1, 0.15) is 0 Å². The Hall–Kier alpha value is -1.64. The summed E-state index contributed by atoms with van der Waals surface area (Å²) < 4.78 is 5.09. The van der Waals surface area contributed by atoms with Gasteiger partial charge in [-0.3, -0.25) is 4.98 Å². The second kappa shape index (κ2) is 8.46. The van der Waals surface area contributed by atoms with E-state index >= 15 is 0 Å². The van der Waals surface area contributed by atoms with Crippen LogP contribution in [0, 0.1) is 11.3 Å². The number of hydrogen-bond donors (Lipinski definition) is 1. The molecule has 1 atom stereocenters. The highest BCUT2D eigenvalue weighted by Crippen LogP contribution is 2.17. The molecule has 0 amide bonds. The average Bonchev–Trinajstić information content (AvgIpc) is 2.47. The maximum absolute atomic E-state index is 8.70. The van der Waals surface area contributed by atoms with Crippen LogP contribution in [0.15, 0.2) is 18.3 Å². The maximum Gasteiger partial charge on any atom is 0.0640 e. The van der Waals surface area contributed by atoms with E-state index in [1.165, 1.54) is 0 Å². The highest BCUT2D eigenvalue weighted by Gasteiger charge is 2.09. The monoisotopic (exact) mass is 262 g/mol. The smallest absolute Gasteiger partial charge is 0.0640 e. The summed E-state index contributed by atoms with van der Waals surface area (Å²) in [4.78, 5) is 6.49. The normalized spacial score (nSPS) is 11.9. The van der Waals surface area contributed by atoms with Crippen LogP contribution in [0.4, 0.5) is 5.69 Å². The van der Waals surface area contributed by atoms with Crippen molar-refractivity contribution in [2.75, 3.05) is 31.7 Å². The molecular formula is C14H22N4O. The lowest BCUT2D eigenvalue weighted by atomic mass is 10.1. The number of aromatic nitrogens is 1. The number of nitrogens with zero attached hydrogens (tertiary/aromatic N) is 3. The first-order valence-corrected chi connectivity index (χ1v) is 6.55. The van der Waals surface area contributed by atoms with E-state index in [1.54, 1.807) is 7.11 Å². The standard InChI is InChI=1S/C14H22N4O/c1-3-13(16)14-6-5-12(11-17-14)18(8-4-7-15)9-10-19-2/h5-6,11,13H,3-4,8-10,16H2,1-2H3. The molecule has 0 fully saturated rings. The number of methoxy groups -OCH3 is 1. The Labute approximate surface area is 115 Å². The van der Waals surface area contributed by atoms with E-state index in [4.69, 9.17) is 15.7 Å². The van der Waals surface area contributed by atoms with Crippen molar-refractivity contribution in [2.45, 2.75) is 25.8 Å². The highest BCUT2D eigenvalue weighted by molar-refractivity contribution is 5.44. The quantitative estimate of drug-likeness (QED) is 0.774. The fraction of sp³-hybridized carbons (Fsp3) is 0.571. The Morgan fingerprint density at radius 2 is 2.26 bits per heavy atom. The van der Waals surface area contributed by atoms with E-state index < -0.39 is 0 Å². The van der Waals surface area contributed by atoms with Gasteiger partial charge >= 0.3 is 0 Å². The van der Waals surface area contributed by atoms with Crippen molar-refractivity contribution in [3.8, 4) is 6.07 Å². The highest BCUT2D eigenvalue weighted by atomic mass is 16.5. The Morgan fingerprint density at radius 3 is 2.79 bits per heavy atom. The molecule has 1 unspecified atom stereocenters. The summed E-state index contributed by atoms with van der Waals surface area (Å²) in [6.45, 7) is 4.10. The van der Waals surface area contributed by atoms with Crippen LogP contribution < -0.4 is 10.6 Å². The zero-order valence-corrected chi connectivity index (χ0v) is 11.7. The van der Waals surface area contributed by atoms with Gasteiger partial charge in [-0.2, -0.15) is 5.26 Å². The zero-order valence-electron chi connectivity index (χ0n) is 11.7. The van der Waals surface area contributed by atoms with Crippen molar-refractivity contribution in [3.63, 3.8) is 0 Å². The van der Waals surface area contributed by atoms with Gasteiger partial charge in [-0.1, -0.05) is 6.92 Å². The predicted octanol–water partition coefficient (Wildman–Crippen LogP) is 1.86. The molecule has 1 aromatic rings. The number of pyridine rings is 1. The zero-order chi connectivity index (χ0) is 14.1. The van der Waals surface area contributed by atoms with Gasteiger partial charge in [-0.05, 0) is 18.6 Å². The molecule has 2 N–H and O–H groups in total. The van der Waals surface area contributed by atoms with Crippen molar-refractivity contribution in [2.24, 2.45) is 5.73 Å². The third-order valence-corrected chi connectivity index (χ3v) is 3.01. The molecule has 0 saturated carbocycles. The molecular weight excluding hydrogens is 240 g/mol. The van der Waals surface area contributed by atoms with E-state index in [0.717, 1.165) is 24.3 Å². The van der Waals surface area contributed by atoms with Crippen molar-refractivity contribution in [1.29, 1.82) is 5.26 Å². The van der Waals surface area contributed by atoms with Crippen molar-refractivity contribution < 1.29 is 4.74 Å². The molecule has 0 spiro atoms. The van der Waals surface area contributed by atoms with E-state index in [9.17, 15) is 0 Å². The van der Waals surface area contributed by atoms with Crippen LogP contribution in [-0.4, -0.2) is 31.8 Å². The van der Waals surface area contributed by atoms with Crippen LogP contribution in [-0.2, 0) is 4.74 Å². The molecule has 1 aromatic heterocycles. The molecule has 5 nitrogen and oxygen atoms in total. The molecule has 0 aliphatic heterocycles. The fourth-order valence-corrected chi connectivity index (χ4v) is 1.77.